The van der Waals surface area contributed by atoms with Crippen molar-refractivity contribution in [2.24, 2.45) is 0 Å². The first-order chi connectivity index (χ1) is 12.5. The molecule has 1 unspecified atom stereocenters. The van der Waals surface area contributed by atoms with E-state index in [1.807, 2.05) is 25.1 Å². The summed E-state index contributed by atoms with van der Waals surface area (Å²) < 4.78 is 10.5. The van der Waals surface area contributed by atoms with E-state index in [9.17, 15) is 4.79 Å². The first-order valence-electron chi connectivity index (χ1n) is 8.59. The van der Waals surface area contributed by atoms with Gasteiger partial charge in [-0.15, -0.1) is 0 Å². The van der Waals surface area contributed by atoms with E-state index in [1.54, 1.807) is 6.20 Å². The Hall–Kier alpha value is -2.61. The number of hydrogen-bond acceptors (Lipinski definition) is 8. The molecule has 1 fully saturated rings. The molecule has 2 aromatic heterocycles. The fourth-order valence-corrected chi connectivity index (χ4v) is 3.10. The molecule has 0 bridgehead atoms. The first-order valence-corrected chi connectivity index (χ1v) is 8.59. The van der Waals surface area contributed by atoms with Gasteiger partial charge in [-0.25, -0.2) is 4.98 Å². The SMILES string of the molecule is COc1coc(CN2CCC(N(C)c3ccnc(N(C)C)n3)C2)cc1=O. The Morgan fingerprint density at radius 2 is 2.19 bits per heavy atom. The zero-order valence-electron chi connectivity index (χ0n) is 15.7. The predicted octanol–water partition coefficient (Wildman–Crippen LogP) is 1.22. The van der Waals surface area contributed by atoms with Gasteiger partial charge in [-0.1, -0.05) is 0 Å². The van der Waals surface area contributed by atoms with Crippen LogP contribution >= 0.6 is 0 Å². The van der Waals surface area contributed by atoms with Crippen molar-refractivity contribution >= 4 is 11.8 Å². The summed E-state index contributed by atoms with van der Waals surface area (Å²) in [5.74, 6) is 2.49. The number of likely N-dealkylation sites (N-methyl/N-ethyl adjacent to an activating group) is 1. The number of rotatable bonds is 6. The Labute approximate surface area is 153 Å². The number of ether oxygens (including phenoxy) is 1. The van der Waals surface area contributed by atoms with E-state index < -0.39 is 0 Å². The number of aromatic nitrogens is 2. The Bertz CT molecular complexity index is 807. The van der Waals surface area contributed by atoms with Crippen LogP contribution in [0.3, 0.4) is 0 Å². The van der Waals surface area contributed by atoms with E-state index in [0.29, 0.717) is 24.3 Å². The Morgan fingerprint density at radius 3 is 2.88 bits per heavy atom. The van der Waals surface area contributed by atoms with Gasteiger partial charge in [0.05, 0.1) is 13.7 Å². The quantitative estimate of drug-likeness (QED) is 0.762. The van der Waals surface area contributed by atoms with Crippen LogP contribution in [-0.2, 0) is 6.54 Å². The normalized spacial score (nSPS) is 17.3. The third-order valence-electron chi connectivity index (χ3n) is 4.64. The van der Waals surface area contributed by atoms with E-state index in [2.05, 4.69) is 26.8 Å². The van der Waals surface area contributed by atoms with Crippen LogP contribution < -0.4 is 20.0 Å². The summed E-state index contributed by atoms with van der Waals surface area (Å²) in [5.41, 5.74) is -0.154. The van der Waals surface area contributed by atoms with Gasteiger partial charge in [0.15, 0.2) is 0 Å². The molecule has 0 saturated carbocycles. The zero-order valence-corrected chi connectivity index (χ0v) is 15.7. The van der Waals surface area contributed by atoms with Gasteiger partial charge in [0.1, 0.15) is 17.8 Å². The molecule has 0 aliphatic carbocycles. The lowest BCUT2D eigenvalue weighted by Crippen LogP contribution is -2.35. The van der Waals surface area contributed by atoms with Crippen LogP contribution in [0, 0.1) is 0 Å². The van der Waals surface area contributed by atoms with Gasteiger partial charge in [0.2, 0.25) is 17.1 Å². The van der Waals surface area contributed by atoms with Crippen molar-refractivity contribution in [3.8, 4) is 5.75 Å². The van der Waals surface area contributed by atoms with Crippen LogP contribution in [0.5, 0.6) is 5.75 Å². The fourth-order valence-electron chi connectivity index (χ4n) is 3.10. The third-order valence-corrected chi connectivity index (χ3v) is 4.64. The molecule has 0 spiro atoms. The maximum absolute atomic E-state index is 11.9. The van der Waals surface area contributed by atoms with Crippen LogP contribution in [0.25, 0.3) is 0 Å². The molecule has 8 nitrogen and oxygen atoms in total. The van der Waals surface area contributed by atoms with Crippen molar-refractivity contribution < 1.29 is 9.15 Å². The number of nitrogens with zero attached hydrogens (tertiary/aromatic N) is 5. The third kappa shape index (κ3) is 3.96. The molecule has 8 heteroatoms. The summed E-state index contributed by atoms with van der Waals surface area (Å²) in [7, 11) is 7.38. The van der Waals surface area contributed by atoms with Crippen LogP contribution in [0.2, 0.25) is 0 Å². The number of methoxy groups -OCH3 is 1. The van der Waals surface area contributed by atoms with E-state index >= 15 is 0 Å². The standard InChI is InChI=1S/C18H25N5O3/c1-21(2)18-19-7-5-17(20-18)22(3)13-6-8-23(10-13)11-14-9-15(24)16(25-4)12-26-14/h5,7,9,12-13H,6,8,10-11H2,1-4H3. The number of likely N-dealkylation sites (tertiary alicyclic amines) is 1. The smallest absolute Gasteiger partial charge is 0.227 e. The maximum atomic E-state index is 11.9. The second kappa shape index (κ2) is 7.74. The average Bonchev–Trinajstić information content (AvgIpc) is 3.10. The molecule has 0 aromatic carbocycles. The molecule has 0 radical (unpaired) electrons. The molecular weight excluding hydrogens is 334 g/mol. The zero-order chi connectivity index (χ0) is 18.7. The predicted molar refractivity (Wildman–Crippen MR) is 100.0 cm³/mol. The molecule has 26 heavy (non-hydrogen) atoms. The van der Waals surface area contributed by atoms with Crippen molar-refractivity contribution in [3.05, 3.63) is 40.6 Å². The van der Waals surface area contributed by atoms with E-state index in [-0.39, 0.29) is 11.2 Å². The van der Waals surface area contributed by atoms with Gasteiger partial charge in [-0.05, 0) is 12.5 Å². The van der Waals surface area contributed by atoms with Crippen molar-refractivity contribution in [3.63, 3.8) is 0 Å². The lowest BCUT2D eigenvalue weighted by atomic mass is 10.2. The summed E-state index contributed by atoms with van der Waals surface area (Å²) >= 11 is 0. The van der Waals surface area contributed by atoms with Crippen molar-refractivity contribution in [1.82, 2.24) is 14.9 Å². The highest BCUT2D eigenvalue weighted by Crippen LogP contribution is 2.22. The fraction of sp³-hybridized carbons (Fsp3) is 0.500. The molecule has 3 heterocycles. The van der Waals surface area contributed by atoms with Crippen molar-refractivity contribution in [2.75, 3.05) is 51.1 Å². The van der Waals surface area contributed by atoms with E-state index in [0.717, 1.165) is 25.3 Å². The summed E-state index contributed by atoms with van der Waals surface area (Å²) in [6, 6.07) is 3.78. The molecule has 140 valence electrons. The Morgan fingerprint density at radius 1 is 1.38 bits per heavy atom. The minimum atomic E-state index is -0.154. The molecule has 2 aromatic rings. The van der Waals surface area contributed by atoms with Crippen LogP contribution in [0.15, 0.2) is 33.8 Å². The summed E-state index contributed by atoms with van der Waals surface area (Å²) in [6.45, 7) is 2.43. The highest BCUT2D eigenvalue weighted by atomic mass is 16.5. The highest BCUT2D eigenvalue weighted by molar-refractivity contribution is 5.43. The lowest BCUT2D eigenvalue weighted by molar-refractivity contribution is 0.284. The minimum absolute atomic E-state index is 0.154. The molecular formula is C18H25N5O3. The molecule has 1 atom stereocenters. The lowest BCUT2D eigenvalue weighted by Gasteiger charge is -2.26. The molecule has 0 N–H and O–H groups in total. The molecule has 1 saturated heterocycles. The highest BCUT2D eigenvalue weighted by Gasteiger charge is 2.27. The number of anilines is 2. The topological polar surface area (TPSA) is 74.9 Å². The van der Waals surface area contributed by atoms with Gasteiger partial charge in [-0.2, -0.15) is 4.98 Å². The van der Waals surface area contributed by atoms with Gasteiger partial charge >= 0.3 is 0 Å². The van der Waals surface area contributed by atoms with Crippen molar-refractivity contribution in [1.29, 1.82) is 0 Å². The van der Waals surface area contributed by atoms with E-state index in [4.69, 9.17) is 9.15 Å². The van der Waals surface area contributed by atoms with Gasteiger partial charge in [0.25, 0.3) is 0 Å². The second-order valence-corrected chi connectivity index (χ2v) is 6.68. The van der Waals surface area contributed by atoms with Crippen LogP contribution in [-0.4, -0.2) is 62.3 Å². The molecule has 1 aliphatic rings. The van der Waals surface area contributed by atoms with Crippen LogP contribution in [0.1, 0.15) is 12.2 Å². The first kappa shape index (κ1) is 18.2. The average molecular weight is 359 g/mol. The monoisotopic (exact) mass is 359 g/mol. The molecule has 0 amide bonds. The summed E-state index contributed by atoms with van der Waals surface area (Å²) in [6.07, 6.45) is 4.19. The van der Waals surface area contributed by atoms with Gasteiger partial charge < -0.3 is 19.0 Å². The summed E-state index contributed by atoms with van der Waals surface area (Å²) in [5, 5.41) is 0. The number of hydrogen-bond donors (Lipinski definition) is 0. The minimum Gasteiger partial charge on any atom is -0.490 e. The summed E-state index contributed by atoms with van der Waals surface area (Å²) in [4.78, 5) is 27.1. The Balaban J connectivity index is 1.64. The van der Waals surface area contributed by atoms with Crippen LogP contribution in [0.4, 0.5) is 11.8 Å². The largest absolute Gasteiger partial charge is 0.490 e. The van der Waals surface area contributed by atoms with Crippen molar-refractivity contribution in [2.45, 2.75) is 19.0 Å². The molecule has 3 rings (SSSR count). The molecule has 1 aliphatic heterocycles. The second-order valence-electron chi connectivity index (χ2n) is 6.68. The van der Waals surface area contributed by atoms with Gasteiger partial charge in [-0.3, -0.25) is 9.69 Å². The van der Waals surface area contributed by atoms with E-state index in [1.165, 1.54) is 19.4 Å². The maximum Gasteiger partial charge on any atom is 0.227 e. The Kier molecular flexibility index (Phi) is 5.41. The van der Waals surface area contributed by atoms with Gasteiger partial charge in [0, 0.05) is 52.5 Å².